The molecule has 0 aromatic carbocycles. The van der Waals surface area contributed by atoms with E-state index in [1.54, 1.807) is 0 Å². The minimum Gasteiger partial charge on any atom is -0.481 e. The normalized spacial score (nSPS) is 9.83. The van der Waals surface area contributed by atoms with Crippen LogP contribution < -0.4 is 0 Å². The van der Waals surface area contributed by atoms with E-state index in [-0.39, 0.29) is 17.1 Å². The Hall–Kier alpha value is -1.16. The number of hydrogen-bond acceptors (Lipinski definition) is 2. The Morgan fingerprint density at radius 1 is 1.67 bits per heavy atom. The van der Waals surface area contributed by atoms with Crippen molar-refractivity contribution in [2.45, 2.75) is 6.42 Å². The molecule has 5 heteroatoms. The van der Waals surface area contributed by atoms with Crippen molar-refractivity contribution < 1.29 is 14.3 Å². The standard InChI is InChI=1S/C7H5ClFNO2/c8-5-2-1-4(3-6(11)12)7(9)10-5/h1-2H,3H2,(H,11,12). The number of carbonyl (C=O) groups is 1. The molecule has 1 rings (SSSR count). The molecule has 0 amide bonds. The number of nitrogens with zero attached hydrogens (tertiary/aromatic N) is 1. The van der Waals surface area contributed by atoms with Gasteiger partial charge in [0.05, 0.1) is 6.42 Å². The summed E-state index contributed by atoms with van der Waals surface area (Å²) < 4.78 is 12.8. The van der Waals surface area contributed by atoms with Gasteiger partial charge in [0, 0.05) is 5.56 Å². The van der Waals surface area contributed by atoms with Crippen LogP contribution in [0.15, 0.2) is 12.1 Å². The van der Waals surface area contributed by atoms with Gasteiger partial charge in [-0.25, -0.2) is 4.98 Å². The summed E-state index contributed by atoms with van der Waals surface area (Å²) in [6, 6.07) is 2.65. The van der Waals surface area contributed by atoms with Crippen molar-refractivity contribution in [3.63, 3.8) is 0 Å². The molecule has 12 heavy (non-hydrogen) atoms. The third-order valence-corrected chi connectivity index (χ3v) is 1.44. The van der Waals surface area contributed by atoms with Crippen LogP contribution in [0.3, 0.4) is 0 Å². The first kappa shape index (κ1) is 8.93. The fourth-order valence-corrected chi connectivity index (χ4v) is 0.873. The summed E-state index contributed by atoms with van der Waals surface area (Å²) in [5, 5.41) is 8.35. The van der Waals surface area contributed by atoms with E-state index in [9.17, 15) is 9.18 Å². The Bertz CT molecular complexity index is 316. The summed E-state index contributed by atoms with van der Waals surface area (Å²) in [5.41, 5.74) is 0.0342. The highest BCUT2D eigenvalue weighted by molar-refractivity contribution is 6.29. The zero-order valence-corrected chi connectivity index (χ0v) is 6.68. The molecule has 3 nitrogen and oxygen atoms in total. The molecular weight excluding hydrogens is 185 g/mol. The third-order valence-electron chi connectivity index (χ3n) is 1.23. The number of carboxylic acids is 1. The zero-order valence-electron chi connectivity index (χ0n) is 5.92. The van der Waals surface area contributed by atoms with Gasteiger partial charge >= 0.3 is 5.97 Å². The molecule has 0 aliphatic carbocycles. The van der Waals surface area contributed by atoms with Gasteiger partial charge in [-0.2, -0.15) is 4.39 Å². The van der Waals surface area contributed by atoms with Crippen molar-refractivity contribution in [2.24, 2.45) is 0 Å². The van der Waals surface area contributed by atoms with Crippen LogP contribution in [-0.4, -0.2) is 16.1 Å². The summed E-state index contributed by atoms with van der Waals surface area (Å²) in [5.74, 6) is -1.93. The number of aliphatic carboxylic acids is 1. The van der Waals surface area contributed by atoms with Crippen molar-refractivity contribution >= 4 is 17.6 Å². The number of rotatable bonds is 2. The highest BCUT2D eigenvalue weighted by Crippen LogP contribution is 2.10. The van der Waals surface area contributed by atoms with Gasteiger partial charge < -0.3 is 5.11 Å². The predicted octanol–water partition coefficient (Wildman–Crippen LogP) is 1.50. The summed E-state index contributed by atoms with van der Waals surface area (Å²) in [6.45, 7) is 0. The number of hydrogen-bond donors (Lipinski definition) is 1. The summed E-state index contributed by atoms with van der Waals surface area (Å²) >= 11 is 5.35. The van der Waals surface area contributed by atoms with Gasteiger partial charge in [0.15, 0.2) is 0 Å². The van der Waals surface area contributed by atoms with E-state index in [0.717, 1.165) is 0 Å². The molecular formula is C7H5ClFNO2. The van der Waals surface area contributed by atoms with E-state index in [1.165, 1.54) is 12.1 Å². The highest BCUT2D eigenvalue weighted by atomic mass is 35.5. The summed E-state index contributed by atoms with van der Waals surface area (Å²) in [6.07, 6.45) is -0.379. The minimum absolute atomic E-state index is 0.0154. The molecule has 64 valence electrons. The first-order valence-corrected chi connectivity index (χ1v) is 3.50. The fraction of sp³-hybridized carbons (Fsp3) is 0.143. The van der Waals surface area contributed by atoms with Crippen LogP contribution in [0.1, 0.15) is 5.56 Å². The van der Waals surface area contributed by atoms with Gasteiger partial charge in [0.25, 0.3) is 0 Å². The molecule has 0 radical (unpaired) electrons. The molecule has 0 saturated carbocycles. The lowest BCUT2D eigenvalue weighted by Crippen LogP contribution is -2.03. The van der Waals surface area contributed by atoms with Gasteiger partial charge in [0.1, 0.15) is 5.15 Å². The second-order valence-electron chi connectivity index (χ2n) is 2.15. The van der Waals surface area contributed by atoms with E-state index in [2.05, 4.69) is 4.98 Å². The van der Waals surface area contributed by atoms with Gasteiger partial charge in [0.2, 0.25) is 5.95 Å². The molecule has 0 spiro atoms. The highest BCUT2D eigenvalue weighted by Gasteiger charge is 2.07. The average molecular weight is 190 g/mol. The van der Waals surface area contributed by atoms with Crippen LogP contribution in [0.2, 0.25) is 5.15 Å². The van der Waals surface area contributed by atoms with Gasteiger partial charge in [-0.05, 0) is 6.07 Å². The molecule has 0 fully saturated rings. The van der Waals surface area contributed by atoms with Crippen LogP contribution in [0.4, 0.5) is 4.39 Å². The summed E-state index contributed by atoms with van der Waals surface area (Å²) in [4.78, 5) is 13.4. The topological polar surface area (TPSA) is 50.2 Å². The molecule has 0 aliphatic rings. The van der Waals surface area contributed by atoms with Crippen molar-refractivity contribution in [1.29, 1.82) is 0 Å². The van der Waals surface area contributed by atoms with Crippen molar-refractivity contribution in [2.75, 3.05) is 0 Å². The average Bonchev–Trinajstić information content (AvgIpc) is 1.94. The predicted molar refractivity (Wildman–Crippen MR) is 40.5 cm³/mol. The lowest BCUT2D eigenvalue weighted by molar-refractivity contribution is -0.136. The maximum absolute atomic E-state index is 12.8. The Morgan fingerprint density at radius 2 is 2.33 bits per heavy atom. The fourth-order valence-electron chi connectivity index (χ4n) is 0.736. The van der Waals surface area contributed by atoms with Gasteiger partial charge in [-0.15, -0.1) is 0 Å². The molecule has 0 saturated heterocycles. The first-order chi connectivity index (χ1) is 5.59. The molecule has 0 aliphatic heterocycles. The molecule has 0 unspecified atom stereocenters. The van der Waals surface area contributed by atoms with Crippen LogP contribution in [0.25, 0.3) is 0 Å². The lowest BCUT2D eigenvalue weighted by atomic mass is 10.2. The Morgan fingerprint density at radius 3 is 2.83 bits per heavy atom. The monoisotopic (exact) mass is 189 g/mol. The smallest absolute Gasteiger partial charge is 0.307 e. The number of carboxylic acid groups (broad SMARTS) is 1. The maximum Gasteiger partial charge on any atom is 0.307 e. The van der Waals surface area contributed by atoms with E-state index < -0.39 is 11.9 Å². The second-order valence-corrected chi connectivity index (χ2v) is 2.54. The molecule has 0 atom stereocenters. The Labute approximate surface area is 72.8 Å². The van der Waals surface area contributed by atoms with E-state index >= 15 is 0 Å². The number of pyridine rings is 1. The Kier molecular flexibility index (Phi) is 2.60. The molecule has 1 N–H and O–H groups in total. The largest absolute Gasteiger partial charge is 0.481 e. The van der Waals surface area contributed by atoms with Gasteiger partial charge in [-0.1, -0.05) is 17.7 Å². The minimum atomic E-state index is -1.10. The van der Waals surface area contributed by atoms with Crippen molar-refractivity contribution in [3.8, 4) is 0 Å². The van der Waals surface area contributed by atoms with Crippen molar-refractivity contribution in [3.05, 3.63) is 28.8 Å². The van der Waals surface area contributed by atoms with E-state index in [0.29, 0.717) is 0 Å². The van der Waals surface area contributed by atoms with Crippen molar-refractivity contribution in [1.82, 2.24) is 4.98 Å². The number of halogens is 2. The number of aromatic nitrogens is 1. The molecule has 0 bridgehead atoms. The van der Waals surface area contributed by atoms with E-state index in [1.807, 2.05) is 0 Å². The lowest BCUT2D eigenvalue weighted by Gasteiger charge is -1.97. The Balaban J connectivity index is 2.93. The quantitative estimate of drug-likeness (QED) is 0.718. The third kappa shape index (κ3) is 2.17. The summed E-state index contributed by atoms with van der Waals surface area (Å²) in [7, 11) is 0. The first-order valence-electron chi connectivity index (χ1n) is 3.12. The molecule has 1 aromatic rings. The maximum atomic E-state index is 12.8. The zero-order chi connectivity index (χ0) is 9.14. The SMILES string of the molecule is O=C(O)Cc1ccc(Cl)nc1F. The molecule has 1 heterocycles. The van der Waals surface area contributed by atoms with Crippen LogP contribution in [0, 0.1) is 5.95 Å². The van der Waals surface area contributed by atoms with Crippen LogP contribution in [0.5, 0.6) is 0 Å². The van der Waals surface area contributed by atoms with E-state index in [4.69, 9.17) is 16.7 Å². The van der Waals surface area contributed by atoms with Crippen LogP contribution in [-0.2, 0) is 11.2 Å². The molecule has 1 aromatic heterocycles. The van der Waals surface area contributed by atoms with Gasteiger partial charge in [-0.3, -0.25) is 4.79 Å². The van der Waals surface area contributed by atoms with Crippen LogP contribution >= 0.6 is 11.6 Å². The second kappa shape index (κ2) is 3.49.